The molecule has 7 nitrogen and oxygen atoms in total. The normalized spacial score (nSPS) is 20.3. The van der Waals surface area contributed by atoms with Gasteiger partial charge >= 0.3 is 0 Å². The SMILES string of the molecule is COc1ccc(N)cc1S(=O)(=O)N1CCOC(C#N)C1. The lowest BCUT2D eigenvalue weighted by molar-refractivity contribution is 0.0311. The number of anilines is 1. The van der Waals surface area contributed by atoms with Crippen molar-refractivity contribution in [3.05, 3.63) is 18.2 Å². The highest BCUT2D eigenvalue weighted by molar-refractivity contribution is 7.89. The molecule has 2 rings (SSSR count). The molecule has 1 atom stereocenters. The summed E-state index contributed by atoms with van der Waals surface area (Å²) < 4.78 is 36.6. The van der Waals surface area contributed by atoms with E-state index in [4.69, 9.17) is 20.5 Å². The van der Waals surface area contributed by atoms with Crippen molar-refractivity contribution in [3.8, 4) is 11.8 Å². The van der Waals surface area contributed by atoms with E-state index in [-0.39, 0.29) is 30.3 Å². The molecule has 1 aromatic carbocycles. The molecule has 1 fully saturated rings. The van der Waals surface area contributed by atoms with Crippen molar-refractivity contribution in [3.63, 3.8) is 0 Å². The van der Waals surface area contributed by atoms with Crippen molar-refractivity contribution in [1.29, 1.82) is 5.26 Å². The number of morpholine rings is 1. The topological polar surface area (TPSA) is 106 Å². The molecule has 1 unspecified atom stereocenters. The van der Waals surface area contributed by atoms with Gasteiger partial charge in [-0.2, -0.15) is 9.57 Å². The van der Waals surface area contributed by atoms with E-state index in [9.17, 15) is 8.42 Å². The standard InChI is InChI=1S/C12H15N3O4S/c1-18-11-3-2-9(14)6-12(11)20(16,17)15-4-5-19-10(7-13)8-15/h2-3,6,10H,4-5,8,14H2,1H3. The number of nitrogens with two attached hydrogens (primary N) is 1. The number of ether oxygens (including phenoxy) is 2. The molecule has 1 heterocycles. The minimum Gasteiger partial charge on any atom is -0.495 e. The predicted molar refractivity (Wildman–Crippen MR) is 71.5 cm³/mol. The summed E-state index contributed by atoms with van der Waals surface area (Å²) in [7, 11) is -2.38. The first-order valence-corrected chi connectivity index (χ1v) is 7.38. The van der Waals surface area contributed by atoms with E-state index in [1.54, 1.807) is 6.07 Å². The number of rotatable bonds is 3. The second-order valence-corrected chi connectivity index (χ2v) is 6.17. The van der Waals surface area contributed by atoms with E-state index in [1.165, 1.54) is 23.5 Å². The number of hydrogen-bond acceptors (Lipinski definition) is 6. The molecule has 20 heavy (non-hydrogen) atoms. The molecule has 0 bridgehead atoms. The zero-order chi connectivity index (χ0) is 14.8. The Balaban J connectivity index is 2.40. The van der Waals surface area contributed by atoms with Gasteiger partial charge < -0.3 is 15.2 Å². The van der Waals surface area contributed by atoms with E-state index >= 15 is 0 Å². The minimum absolute atomic E-state index is 0.00131. The smallest absolute Gasteiger partial charge is 0.247 e. The summed E-state index contributed by atoms with van der Waals surface area (Å²) in [4.78, 5) is -0.00131. The Morgan fingerprint density at radius 2 is 2.30 bits per heavy atom. The third-order valence-electron chi connectivity index (χ3n) is 2.98. The van der Waals surface area contributed by atoms with Crippen molar-refractivity contribution in [2.24, 2.45) is 0 Å². The van der Waals surface area contributed by atoms with Crippen LogP contribution in [0.1, 0.15) is 0 Å². The van der Waals surface area contributed by atoms with E-state index in [0.29, 0.717) is 5.69 Å². The fraction of sp³-hybridized carbons (Fsp3) is 0.417. The first kappa shape index (κ1) is 14.6. The Hall–Kier alpha value is -1.82. The quantitative estimate of drug-likeness (QED) is 0.798. The summed E-state index contributed by atoms with van der Waals surface area (Å²) in [6.45, 7) is 0.372. The summed E-state index contributed by atoms with van der Waals surface area (Å²) >= 11 is 0. The largest absolute Gasteiger partial charge is 0.495 e. The zero-order valence-electron chi connectivity index (χ0n) is 10.9. The van der Waals surface area contributed by atoms with Crippen LogP contribution in [0.5, 0.6) is 5.75 Å². The predicted octanol–water partition coefficient (Wildman–Crippen LogP) is 0.190. The maximum Gasteiger partial charge on any atom is 0.247 e. The maximum atomic E-state index is 12.6. The lowest BCUT2D eigenvalue weighted by atomic mass is 10.3. The zero-order valence-corrected chi connectivity index (χ0v) is 11.8. The molecule has 2 N–H and O–H groups in total. The van der Waals surface area contributed by atoms with E-state index in [2.05, 4.69) is 0 Å². The number of nitrogen functional groups attached to an aromatic ring is 1. The van der Waals surface area contributed by atoms with Gasteiger partial charge in [-0.15, -0.1) is 0 Å². The van der Waals surface area contributed by atoms with Crippen LogP contribution in [-0.4, -0.2) is 45.6 Å². The van der Waals surface area contributed by atoms with Crippen LogP contribution in [-0.2, 0) is 14.8 Å². The van der Waals surface area contributed by atoms with Gasteiger partial charge in [-0.3, -0.25) is 0 Å². The molecular formula is C12H15N3O4S. The van der Waals surface area contributed by atoms with E-state index < -0.39 is 16.1 Å². The Bertz CT molecular complexity index is 639. The van der Waals surface area contributed by atoms with Crippen LogP contribution >= 0.6 is 0 Å². The molecule has 1 aliphatic rings. The molecular weight excluding hydrogens is 282 g/mol. The molecule has 1 aliphatic heterocycles. The lowest BCUT2D eigenvalue weighted by Gasteiger charge is -2.29. The summed E-state index contributed by atoms with van der Waals surface area (Å²) in [5.74, 6) is 0.221. The molecule has 0 aliphatic carbocycles. The average Bonchev–Trinajstić information content (AvgIpc) is 2.47. The van der Waals surface area contributed by atoms with Crippen LogP contribution in [0, 0.1) is 11.3 Å². The van der Waals surface area contributed by atoms with Gasteiger partial charge in [-0.25, -0.2) is 8.42 Å². The first-order chi connectivity index (χ1) is 9.48. The minimum atomic E-state index is -3.77. The number of methoxy groups -OCH3 is 1. The summed E-state index contributed by atoms with van der Waals surface area (Å²) in [5, 5.41) is 8.85. The van der Waals surface area contributed by atoms with Crippen LogP contribution < -0.4 is 10.5 Å². The van der Waals surface area contributed by atoms with Crippen LogP contribution in [0.3, 0.4) is 0 Å². The first-order valence-electron chi connectivity index (χ1n) is 5.94. The average molecular weight is 297 g/mol. The van der Waals surface area contributed by atoms with Crippen LogP contribution in [0.4, 0.5) is 5.69 Å². The fourth-order valence-electron chi connectivity index (χ4n) is 1.96. The molecule has 8 heteroatoms. The van der Waals surface area contributed by atoms with Gasteiger partial charge in [0.25, 0.3) is 0 Å². The molecule has 108 valence electrons. The van der Waals surface area contributed by atoms with Crippen LogP contribution in [0.25, 0.3) is 0 Å². The van der Waals surface area contributed by atoms with E-state index in [0.717, 1.165) is 0 Å². The van der Waals surface area contributed by atoms with Crippen LogP contribution in [0.2, 0.25) is 0 Å². The third-order valence-corrected chi connectivity index (χ3v) is 4.87. The maximum absolute atomic E-state index is 12.6. The molecule has 1 aromatic rings. The fourth-order valence-corrected chi connectivity index (χ4v) is 3.57. The van der Waals surface area contributed by atoms with Gasteiger partial charge in [-0.05, 0) is 18.2 Å². The second kappa shape index (κ2) is 5.66. The number of nitriles is 1. The monoisotopic (exact) mass is 297 g/mol. The van der Waals surface area contributed by atoms with Crippen molar-refractivity contribution < 1.29 is 17.9 Å². The highest BCUT2D eigenvalue weighted by Gasteiger charge is 2.32. The number of benzene rings is 1. The van der Waals surface area contributed by atoms with Gasteiger partial charge in [0.2, 0.25) is 10.0 Å². The van der Waals surface area contributed by atoms with Crippen molar-refractivity contribution in [1.82, 2.24) is 4.31 Å². The Morgan fingerprint density at radius 3 is 2.95 bits per heavy atom. The third kappa shape index (κ3) is 2.70. The Morgan fingerprint density at radius 1 is 1.55 bits per heavy atom. The Labute approximate surface area is 117 Å². The molecule has 0 amide bonds. The number of nitrogens with zero attached hydrogens (tertiary/aromatic N) is 2. The molecule has 1 saturated heterocycles. The van der Waals surface area contributed by atoms with Crippen LogP contribution in [0.15, 0.2) is 23.1 Å². The Kier molecular flexibility index (Phi) is 4.13. The van der Waals surface area contributed by atoms with Crippen molar-refractivity contribution >= 4 is 15.7 Å². The molecule has 0 radical (unpaired) electrons. The van der Waals surface area contributed by atoms with Gasteiger partial charge in [0.05, 0.1) is 26.3 Å². The summed E-state index contributed by atoms with van der Waals surface area (Å²) in [6, 6.07) is 6.33. The number of hydrogen-bond donors (Lipinski definition) is 1. The number of sulfonamides is 1. The molecule has 0 saturated carbocycles. The summed E-state index contributed by atoms with van der Waals surface area (Å²) in [5.41, 5.74) is 5.97. The van der Waals surface area contributed by atoms with Gasteiger partial charge in [0.1, 0.15) is 10.6 Å². The lowest BCUT2D eigenvalue weighted by Crippen LogP contribution is -2.45. The van der Waals surface area contributed by atoms with Gasteiger partial charge in [0, 0.05) is 12.2 Å². The van der Waals surface area contributed by atoms with Crippen molar-refractivity contribution in [2.75, 3.05) is 32.5 Å². The van der Waals surface area contributed by atoms with E-state index in [1.807, 2.05) is 6.07 Å². The molecule has 0 spiro atoms. The van der Waals surface area contributed by atoms with Crippen molar-refractivity contribution in [2.45, 2.75) is 11.0 Å². The molecule has 0 aromatic heterocycles. The highest BCUT2D eigenvalue weighted by atomic mass is 32.2. The summed E-state index contributed by atoms with van der Waals surface area (Å²) in [6.07, 6.45) is -0.759. The van der Waals surface area contributed by atoms with Gasteiger partial charge in [0.15, 0.2) is 6.10 Å². The highest BCUT2D eigenvalue weighted by Crippen LogP contribution is 2.29. The van der Waals surface area contributed by atoms with Gasteiger partial charge in [-0.1, -0.05) is 0 Å². The second-order valence-electron chi connectivity index (χ2n) is 4.26.